The van der Waals surface area contributed by atoms with Gasteiger partial charge in [0.25, 0.3) is 0 Å². The van der Waals surface area contributed by atoms with Crippen LogP contribution in [-0.2, 0) is 14.3 Å². The molecule has 0 saturated carbocycles. The summed E-state index contributed by atoms with van der Waals surface area (Å²) in [6, 6.07) is -0.128. The van der Waals surface area contributed by atoms with Crippen LogP contribution in [0, 0.1) is 0 Å². The quantitative estimate of drug-likeness (QED) is 0.754. The van der Waals surface area contributed by atoms with Crippen LogP contribution < -0.4 is 5.32 Å². The van der Waals surface area contributed by atoms with Crippen LogP contribution in [-0.4, -0.2) is 62.4 Å². The molecule has 0 spiro atoms. The van der Waals surface area contributed by atoms with Crippen LogP contribution in [0.1, 0.15) is 19.8 Å². The van der Waals surface area contributed by atoms with Crippen molar-refractivity contribution in [3.05, 3.63) is 0 Å². The summed E-state index contributed by atoms with van der Waals surface area (Å²) in [5.74, 6) is 0.172. The summed E-state index contributed by atoms with van der Waals surface area (Å²) in [4.78, 5) is 13.9. The lowest BCUT2D eigenvalue weighted by Crippen LogP contribution is -2.50. The second-order valence-electron chi connectivity index (χ2n) is 4.70. The van der Waals surface area contributed by atoms with Gasteiger partial charge in [-0.1, -0.05) is 0 Å². The highest BCUT2D eigenvalue weighted by molar-refractivity contribution is 5.81. The van der Waals surface area contributed by atoms with Crippen molar-refractivity contribution < 1.29 is 14.3 Å². The average Bonchev–Trinajstić information content (AvgIpc) is 2.89. The predicted molar refractivity (Wildman–Crippen MR) is 63.8 cm³/mol. The monoisotopic (exact) mass is 242 g/mol. The van der Waals surface area contributed by atoms with Crippen LogP contribution in [0.4, 0.5) is 0 Å². The Labute approximate surface area is 102 Å². The Morgan fingerprint density at radius 1 is 1.41 bits per heavy atom. The molecule has 0 aromatic rings. The lowest BCUT2D eigenvalue weighted by Gasteiger charge is -2.29. The van der Waals surface area contributed by atoms with Crippen molar-refractivity contribution in [1.82, 2.24) is 10.2 Å². The standard InChI is InChI=1S/C12H22N2O3/c1-10(13-9-11-3-2-6-17-11)12(15)14-4-7-16-8-5-14/h10-11,13H,2-9H2,1H3/t10-,11-/m1/s1. The first kappa shape index (κ1) is 12.8. The van der Waals surface area contributed by atoms with Crippen molar-refractivity contribution in [3.63, 3.8) is 0 Å². The Kier molecular flexibility index (Phi) is 4.76. The van der Waals surface area contributed by atoms with Gasteiger partial charge in [0.15, 0.2) is 0 Å². The molecule has 98 valence electrons. The third kappa shape index (κ3) is 3.66. The molecular formula is C12H22N2O3. The van der Waals surface area contributed by atoms with Crippen LogP contribution in [0.25, 0.3) is 0 Å². The first-order chi connectivity index (χ1) is 8.27. The summed E-state index contributed by atoms with van der Waals surface area (Å²) in [5.41, 5.74) is 0. The minimum atomic E-state index is -0.128. The average molecular weight is 242 g/mol. The molecule has 0 bridgehead atoms. The maximum absolute atomic E-state index is 12.1. The summed E-state index contributed by atoms with van der Waals surface area (Å²) in [7, 11) is 0. The molecule has 0 unspecified atom stereocenters. The molecule has 2 rings (SSSR count). The van der Waals surface area contributed by atoms with Gasteiger partial charge in [0.2, 0.25) is 5.91 Å². The first-order valence-corrected chi connectivity index (χ1v) is 6.49. The molecule has 2 aliphatic heterocycles. The van der Waals surface area contributed by atoms with Crippen molar-refractivity contribution in [3.8, 4) is 0 Å². The van der Waals surface area contributed by atoms with Crippen molar-refractivity contribution in [2.45, 2.75) is 31.9 Å². The molecule has 0 radical (unpaired) electrons. The Balaban J connectivity index is 1.70. The van der Waals surface area contributed by atoms with E-state index in [2.05, 4.69) is 5.32 Å². The molecule has 2 saturated heterocycles. The fraction of sp³-hybridized carbons (Fsp3) is 0.917. The molecule has 2 heterocycles. The zero-order valence-electron chi connectivity index (χ0n) is 10.5. The first-order valence-electron chi connectivity index (χ1n) is 6.49. The fourth-order valence-electron chi connectivity index (χ4n) is 2.26. The number of amides is 1. The largest absolute Gasteiger partial charge is 0.378 e. The van der Waals surface area contributed by atoms with Gasteiger partial charge in [-0.2, -0.15) is 0 Å². The summed E-state index contributed by atoms with van der Waals surface area (Å²) < 4.78 is 10.8. The van der Waals surface area contributed by atoms with E-state index in [1.165, 1.54) is 0 Å². The fourth-order valence-corrected chi connectivity index (χ4v) is 2.26. The van der Waals surface area contributed by atoms with Crippen LogP contribution in [0.3, 0.4) is 0 Å². The normalized spacial score (nSPS) is 27.1. The molecule has 5 nitrogen and oxygen atoms in total. The van der Waals surface area contributed by atoms with Gasteiger partial charge in [-0.15, -0.1) is 0 Å². The van der Waals surface area contributed by atoms with Gasteiger partial charge in [-0.05, 0) is 19.8 Å². The summed E-state index contributed by atoms with van der Waals surface area (Å²) in [6.45, 7) is 6.30. The third-order valence-corrected chi connectivity index (χ3v) is 3.37. The van der Waals surface area contributed by atoms with E-state index < -0.39 is 0 Å². The summed E-state index contributed by atoms with van der Waals surface area (Å²) >= 11 is 0. The molecule has 0 aliphatic carbocycles. The number of ether oxygens (including phenoxy) is 2. The number of hydrogen-bond acceptors (Lipinski definition) is 4. The zero-order chi connectivity index (χ0) is 12.1. The molecule has 0 aromatic carbocycles. The Hall–Kier alpha value is -0.650. The highest BCUT2D eigenvalue weighted by atomic mass is 16.5. The molecule has 0 aromatic heterocycles. The summed E-state index contributed by atoms with van der Waals surface area (Å²) in [5, 5.41) is 3.26. The smallest absolute Gasteiger partial charge is 0.239 e. The van der Waals surface area contributed by atoms with Crippen LogP contribution in [0.2, 0.25) is 0 Å². The number of carbonyl (C=O) groups is 1. The van der Waals surface area contributed by atoms with Gasteiger partial charge in [0.1, 0.15) is 0 Å². The van der Waals surface area contributed by atoms with E-state index in [0.29, 0.717) is 26.3 Å². The van der Waals surface area contributed by atoms with Crippen LogP contribution >= 0.6 is 0 Å². The van der Waals surface area contributed by atoms with Crippen molar-refractivity contribution in [2.24, 2.45) is 0 Å². The number of carbonyl (C=O) groups excluding carboxylic acids is 1. The Morgan fingerprint density at radius 3 is 2.82 bits per heavy atom. The number of hydrogen-bond donors (Lipinski definition) is 1. The SMILES string of the molecule is C[C@@H](NC[C@H]1CCCO1)C(=O)N1CCOCC1. The molecule has 5 heteroatoms. The minimum Gasteiger partial charge on any atom is -0.378 e. The van der Waals surface area contributed by atoms with E-state index in [1.807, 2.05) is 11.8 Å². The molecule has 1 amide bonds. The van der Waals surface area contributed by atoms with E-state index in [-0.39, 0.29) is 18.1 Å². The van der Waals surface area contributed by atoms with E-state index in [0.717, 1.165) is 26.0 Å². The Morgan fingerprint density at radius 2 is 2.18 bits per heavy atom. The van der Waals surface area contributed by atoms with Crippen molar-refractivity contribution in [1.29, 1.82) is 0 Å². The van der Waals surface area contributed by atoms with Gasteiger partial charge in [-0.25, -0.2) is 0 Å². The number of rotatable bonds is 4. The highest BCUT2D eigenvalue weighted by Gasteiger charge is 2.23. The van der Waals surface area contributed by atoms with Crippen molar-refractivity contribution >= 4 is 5.91 Å². The lowest BCUT2D eigenvalue weighted by atomic mass is 10.2. The molecule has 17 heavy (non-hydrogen) atoms. The second kappa shape index (κ2) is 6.33. The van der Waals surface area contributed by atoms with E-state index in [1.54, 1.807) is 0 Å². The lowest BCUT2D eigenvalue weighted by molar-refractivity contribution is -0.137. The topological polar surface area (TPSA) is 50.8 Å². The minimum absolute atomic E-state index is 0.128. The molecular weight excluding hydrogens is 220 g/mol. The maximum Gasteiger partial charge on any atom is 0.239 e. The summed E-state index contributed by atoms with van der Waals surface area (Å²) in [6.07, 6.45) is 2.53. The van der Waals surface area contributed by atoms with Gasteiger partial charge < -0.3 is 19.7 Å². The Bertz CT molecular complexity index is 248. The highest BCUT2D eigenvalue weighted by Crippen LogP contribution is 2.11. The van der Waals surface area contributed by atoms with E-state index in [9.17, 15) is 4.79 Å². The van der Waals surface area contributed by atoms with Crippen LogP contribution in [0.15, 0.2) is 0 Å². The molecule has 2 fully saturated rings. The van der Waals surface area contributed by atoms with E-state index in [4.69, 9.17) is 9.47 Å². The van der Waals surface area contributed by atoms with Crippen molar-refractivity contribution in [2.75, 3.05) is 39.5 Å². The maximum atomic E-state index is 12.1. The number of morpholine rings is 1. The van der Waals surface area contributed by atoms with Gasteiger partial charge in [-0.3, -0.25) is 4.79 Å². The molecule has 2 aliphatic rings. The number of nitrogens with one attached hydrogen (secondary N) is 1. The van der Waals surface area contributed by atoms with Gasteiger partial charge in [0, 0.05) is 26.2 Å². The third-order valence-electron chi connectivity index (χ3n) is 3.37. The van der Waals surface area contributed by atoms with E-state index >= 15 is 0 Å². The van der Waals surface area contributed by atoms with Gasteiger partial charge >= 0.3 is 0 Å². The number of nitrogens with zero attached hydrogens (tertiary/aromatic N) is 1. The molecule has 1 N–H and O–H groups in total. The predicted octanol–water partition coefficient (Wildman–Crippen LogP) is 0.00230. The second-order valence-corrected chi connectivity index (χ2v) is 4.70. The van der Waals surface area contributed by atoms with Crippen LogP contribution in [0.5, 0.6) is 0 Å². The molecule has 2 atom stereocenters. The van der Waals surface area contributed by atoms with Gasteiger partial charge in [0.05, 0.1) is 25.4 Å². The zero-order valence-corrected chi connectivity index (χ0v) is 10.5.